The molecular weight excluding hydrogens is 254 g/mol. The van der Waals surface area contributed by atoms with Crippen LogP contribution in [0.25, 0.3) is 0 Å². The third-order valence-corrected chi connectivity index (χ3v) is 3.32. The number of hydrogen-bond donors (Lipinski definition) is 0. The average molecular weight is 284 g/mol. The van der Waals surface area contributed by atoms with Crippen LogP contribution in [0.3, 0.4) is 0 Å². The standard InChI is InChI=1S/C16H30NO3/c1-2-3-4-5-6-7-8-9-10-11-14-20-16(19)13-12-15(17)18/h17H,2-14H2,1H3. The molecule has 0 unspecified atom stereocenters. The van der Waals surface area contributed by atoms with E-state index < -0.39 is 5.91 Å². The Bertz CT molecular complexity index is 254. The zero-order valence-electron chi connectivity index (χ0n) is 12.9. The Labute approximate surface area is 123 Å². The minimum atomic E-state index is -0.708. The van der Waals surface area contributed by atoms with E-state index in [-0.39, 0.29) is 18.8 Å². The summed E-state index contributed by atoms with van der Waals surface area (Å²) < 4.78 is 4.99. The molecule has 0 aliphatic rings. The summed E-state index contributed by atoms with van der Waals surface area (Å²) in [5.41, 5.74) is 6.68. The molecule has 0 bridgehead atoms. The molecule has 1 amide bonds. The number of ether oxygens (including phenoxy) is 1. The van der Waals surface area contributed by atoms with Crippen LogP contribution in [-0.2, 0) is 14.3 Å². The van der Waals surface area contributed by atoms with Crippen molar-refractivity contribution in [1.82, 2.24) is 5.73 Å². The van der Waals surface area contributed by atoms with Crippen LogP contribution in [0.2, 0.25) is 0 Å². The van der Waals surface area contributed by atoms with Crippen LogP contribution in [0.1, 0.15) is 84.0 Å². The quantitative estimate of drug-likeness (QED) is 0.357. The predicted molar refractivity (Wildman–Crippen MR) is 80.1 cm³/mol. The molecule has 0 heterocycles. The summed E-state index contributed by atoms with van der Waals surface area (Å²) in [5, 5.41) is 0. The Hall–Kier alpha value is -1.06. The third-order valence-electron chi connectivity index (χ3n) is 3.32. The minimum Gasteiger partial charge on any atom is -0.466 e. The van der Waals surface area contributed by atoms with Gasteiger partial charge in [0, 0.05) is 6.42 Å². The van der Waals surface area contributed by atoms with E-state index in [2.05, 4.69) is 6.92 Å². The molecule has 4 heteroatoms. The zero-order valence-corrected chi connectivity index (χ0v) is 12.9. The van der Waals surface area contributed by atoms with Crippen molar-refractivity contribution in [3.8, 4) is 0 Å². The van der Waals surface area contributed by atoms with Crippen molar-refractivity contribution >= 4 is 11.9 Å². The molecule has 0 rings (SSSR count). The van der Waals surface area contributed by atoms with Gasteiger partial charge in [-0.25, -0.2) is 0 Å². The van der Waals surface area contributed by atoms with Gasteiger partial charge in [-0.15, -0.1) is 0 Å². The first kappa shape index (κ1) is 18.9. The van der Waals surface area contributed by atoms with Gasteiger partial charge in [0.1, 0.15) is 0 Å². The minimum absolute atomic E-state index is 0.0309. The van der Waals surface area contributed by atoms with Crippen LogP contribution in [0, 0.1) is 0 Å². The van der Waals surface area contributed by atoms with Gasteiger partial charge in [0.2, 0.25) is 5.91 Å². The molecule has 0 aromatic heterocycles. The Balaban J connectivity index is 3.12. The lowest BCUT2D eigenvalue weighted by Gasteiger charge is -2.04. The van der Waals surface area contributed by atoms with Gasteiger partial charge in [-0.05, 0) is 6.42 Å². The Kier molecular flexibility index (Phi) is 13.6. The summed E-state index contributed by atoms with van der Waals surface area (Å²) in [6, 6.07) is 0. The highest BCUT2D eigenvalue weighted by Gasteiger charge is 2.05. The van der Waals surface area contributed by atoms with Gasteiger partial charge < -0.3 is 4.74 Å². The molecule has 0 aromatic rings. The average Bonchev–Trinajstić information content (AvgIpc) is 2.42. The van der Waals surface area contributed by atoms with Crippen LogP contribution in [0.4, 0.5) is 0 Å². The normalized spacial score (nSPS) is 10.4. The summed E-state index contributed by atoms with van der Waals surface area (Å²) in [5.74, 6) is -1.07. The smallest absolute Gasteiger partial charge is 0.306 e. The number of hydrogen-bond acceptors (Lipinski definition) is 3. The lowest BCUT2D eigenvalue weighted by Crippen LogP contribution is -2.09. The van der Waals surface area contributed by atoms with Gasteiger partial charge in [0.15, 0.2) is 0 Å². The summed E-state index contributed by atoms with van der Waals surface area (Å²) in [7, 11) is 0. The van der Waals surface area contributed by atoms with Crippen LogP contribution in [-0.4, -0.2) is 18.5 Å². The zero-order chi connectivity index (χ0) is 15.1. The molecule has 0 aromatic carbocycles. The van der Waals surface area contributed by atoms with Gasteiger partial charge in [-0.3, -0.25) is 15.3 Å². The molecule has 0 saturated heterocycles. The molecule has 4 nitrogen and oxygen atoms in total. The van der Waals surface area contributed by atoms with Crippen LogP contribution in [0.5, 0.6) is 0 Å². The first-order valence-corrected chi connectivity index (χ1v) is 8.07. The van der Waals surface area contributed by atoms with Gasteiger partial charge in [0.25, 0.3) is 0 Å². The molecule has 0 spiro atoms. The highest BCUT2D eigenvalue weighted by molar-refractivity contribution is 5.79. The van der Waals surface area contributed by atoms with Crippen LogP contribution >= 0.6 is 0 Å². The highest BCUT2D eigenvalue weighted by Crippen LogP contribution is 2.10. The van der Waals surface area contributed by atoms with Gasteiger partial charge in [-0.1, -0.05) is 64.7 Å². The molecule has 117 valence electrons. The Morgan fingerprint density at radius 2 is 1.30 bits per heavy atom. The monoisotopic (exact) mass is 284 g/mol. The largest absolute Gasteiger partial charge is 0.466 e. The fourth-order valence-corrected chi connectivity index (χ4v) is 2.06. The molecule has 0 aliphatic heterocycles. The number of esters is 1. The Morgan fingerprint density at radius 3 is 1.80 bits per heavy atom. The second-order valence-corrected chi connectivity index (χ2v) is 5.33. The van der Waals surface area contributed by atoms with E-state index >= 15 is 0 Å². The highest BCUT2D eigenvalue weighted by atomic mass is 16.5. The van der Waals surface area contributed by atoms with E-state index in [4.69, 9.17) is 10.5 Å². The number of carbonyl (C=O) groups is 2. The van der Waals surface area contributed by atoms with E-state index in [1.54, 1.807) is 0 Å². The summed E-state index contributed by atoms with van der Waals surface area (Å²) in [4.78, 5) is 21.5. The molecule has 0 fully saturated rings. The first-order chi connectivity index (χ1) is 9.66. The number of carbonyl (C=O) groups excluding carboxylic acids is 2. The fraction of sp³-hybridized carbons (Fsp3) is 0.875. The number of unbranched alkanes of at least 4 members (excludes halogenated alkanes) is 9. The van der Waals surface area contributed by atoms with Gasteiger partial charge >= 0.3 is 5.97 Å². The molecule has 0 saturated carbocycles. The van der Waals surface area contributed by atoms with Crippen LogP contribution in [0.15, 0.2) is 0 Å². The summed E-state index contributed by atoms with van der Waals surface area (Å²) >= 11 is 0. The second-order valence-electron chi connectivity index (χ2n) is 5.33. The Morgan fingerprint density at radius 1 is 0.800 bits per heavy atom. The van der Waals surface area contributed by atoms with E-state index in [0.29, 0.717) is 6.61 Å². The van der Waals surface area contributed by atoms with Crippen molar-refractivity contribution in [2.75, 3.05) is 6.61 Å². The molecular formula is C16H30NO3. The van der Waals surface area contributed by atoms with Crippen molar-refractivity contribution in [3.05, 3.63) is 0 Å². The first-order valence-electron chi connectivity index (χ1n) is 8.07. The van der Waals surface area contributed by atoms with Crippen molar-refractivity contribution in [2.24, 2.45) is 0 Å². The van der Waals surface area contributed by atoms with Gasteiger partial charge in [-0.2, -0.15) is 0 Å². The summed E-state index contributed by atoms with van der Waals surface area (Å²) in [6.07, 6.45) is 12.5. The topological polar surface area (TPSA) is 67.2 Å². The molecule has 1 radical (unpaired) electrons. The lowest BCUT2D eigenvalue weighted by atomic mass is 10.1. The number of rotatable bonds is 14. The van der Waals surface area contributed by atoms with Crippen LogP contribution < -0.4 is 5.73 Å². The van der Waals surface area contributed by atoms with Gasteiger partial charge in [0.05, 0.1) is 13.0 Å². The lowest BCUT2D eigenvalue weighted by molar-refractivity contribution is -0.144. The maximum absolute atomic E-state index is 11.2. The molecule has 1 N–H and O–H groups in total. The summed E-state index contributed by atoms with van der Waals surface area (Å²) in [6.45, 7) is 2.68. The molecule has 20 heavy (non-hydrogen) atoms. The maximum atomic E-state index is 11.2. The molecule has 0 aliphatic carbocycles. The van der Waals surface area contributed by atoms with E-state index in [1.807, 2.05) is 0 Å². The third kappa shape index (κ3) is 15.0. The second kappa shape index (κ2) is 14.4. The van der Waals surface area contributed by atoms with Crippen molar-refractivity contribution in [2.45, 2.75) is 84.0 Å². The fourth-order valence-electron chi connectivity index (χ4n) is 2.06. The van der Waals surface area contributed by atoms with Crippen molar-refractivity contribution in [3.63, 3.8) is 0 Å². The maximum Gasteiger partial charge on any atom is 0.306 e. The van der Waals surface area contributed by atoms with E-state index in [9.17, 15) is 9.59 Å². The van der Waals surface area contributed by atoms with Crippen molar-refractivity contribution in [1.29, 1.82) is 0 Å². The predicted octanol–water partition coefficient (Wildman–Crippen LogP) is 4.04. The van der Waals surface area contributed by atoms with E-state index in [0.717, 1.165) is 12.8 Å². The number of amides is 1. The number of nitrogens with one attached hydrogen (secondary N) is 1. The van der Waals surface area contributed by atoms with E-state index in [1.165, 1.54) is 51.4 Å². The van der Waals surface area contributed by atoms with Crippen molar-refractivity contribution < 1.29 is 14.3 Å². The molecule has 0 atom stereocenters. The SMILES string of the molecule is CCCCCCCCCCCCOC(=O)CCC([NH])=O.